The van der Waals surface area contributed by atoms with E-state index in [-0.39, 0.29) is 0 Å². The zero-order valence-electron chi connectivity index (χ0n) is 8.22. The van der Waals surface area contributed by atoms with Crippen LogP contribution in [0, 0.1) is 6.92 Å². The molecule has 3 nitrogen and oxygen atoms in total. The van der Waals surface area contributed by atoms with Gasteiger partial charge in [0.2, 0.25) is 5.13 Å². The molecule has 14 heavy (non-hydrogen) atoms. The van der Waals surface area contributed by atoms with Crippen molar-refractivity contribution in [2.45, 2.75) is 38.3 Å². The zero-order chi connectivity index (χ0) is 10.0. The first-order valence-electron chi connectivity index (χ1n) is 4.91. The fourth-order valence-electron chi connectivity index (χ4n) is 1.79. The van der Waals surface area contributed by atoms with Crippen LogP contribution in [0.5, 0.6) is 0 Å². The zero-order valence-corrected chi connectivity index (χ0v) is 9.03. The molecule has 1 aromatic heterocycles. The highest BCUT2D eigenvalue weighted by atomic mass is 32.1. The summed E-state index contributed by atoms with van der Waals surface area (Å²) in [7, 11) is 0. The Morgan fingerprint density at radius 3 is 2.79 bits per heavy atom. The van der Waals surface area contributed by atoms with Crippen LogP contribution in [0.1, 0.15) is 31.5 Å². The lowest BCUT2D eigenvalue weighted by atomic mass is 10.1. The molecule has 1 aliphatic rings. The molecule has 2 rings (SSSR count). The molecule has 0 radical (unpaired) electrons. The van der Waals surface area contributed by atoms with Crippen LogP contribution < -0.4 is 5.32 Å². The molecular formula is C9H14FN3S. The Hall–Kier alpha value is -0.710. The second-order valence-corrected chi connectivity index (χ2v) is 4.61. The van der Waals surface area contributed by atoms with E-state index in [9.17, 15) is 4.39 Å². The monoisotopic (exact) mass is 215 g/mol. The highest BCUT2D eigenvalue weighted by Crippen LogP contribution is 2.33. The number of aryl methyl sites for hydroxylation is 1. The topological polar surface area (TPSA) is 37.8 Å². The summed E-state index contributed by atoms with van der Waals surface area (Å²) >= 11 is 1.29. The van der Waals surface area contributed by atoms with Crippen LogP contribution in [0.15, 0.2) is 0 Å². The third kappa shape index (κ3) is 2.20. The molecule has 1 aromatic rings. The van der Waals surface area contributed by atoms with Crippen LogP contribution in [0.4, 0.5) is 9.52 Å². The molecule has 0 unspecified atom stereocenters. The number of nitrogens with one attached hydrogen (secondary N) is 1. The van der Waals surface area contributed by atoms with E-state index in [2.05, 4.69) is 14.7 Å². The maximum atomic E-state index is 13.9. The van der Waals surface area contributed by atoms with Gasteiger partial charge in [0, 0.05) is 11.5 Å². The van der Waals surface area contributed by atoms with Crippen LogP contribution in [0.25, 0.3) is 0 Å². The SMILES string of the molecule is Cc1nsc(NCC2(F)CCCC2)n1. The Morgan fingerprint density at radius 1 is 1.50 bits per heavy atom. The van der Waals surface area contributed by atoms with Gasteiger partial charge in [-0.25, -0.2) is 9.37 Å². The lowest BCUT2D eigenvalue weighted by molar-refractivity contribution is 0.190. The van der Waals surface area contributed by atoms with Crippen molar-refractivity contribution in [2.75, 3.05) is 11.9 Å². The minimum absolute atomic E-state index is 0.377. The summed E-state index contributed by atoms with van der Waals surface area (Å²) in [4.78, 5) is 4.13. The first-order valence-corrected chi connectivity index (χ1v) is 5.68. The number of hydrogen-bond donors (Lipinski definition) is 1. The predicted molar refractivity (Wildman–Crippen MR) is 55.4 cm³/mol. The first-order chi connectivity index (χ1) is 6.68. The molecule has 0 aromatic carbocycles. The van der Waals surface area contributed by atoms with E-state index in [1.165, 1.54) is 11.5 Å². The molecule has 5 heteroatoms. The van der Waals surface area contributed by atoms with E-state index < -0.39 is 5.67 Å². The molecular weight excluding hydrogens is 201 g/mol. The van der Waals surface area contributed by atoms with Crippen LogP contribution in [0.2, 0.25) is 0 Å². The van der Waals surface area contributed by atoms with Crippen molar-refractivity contribution in [2.24, 2.45) is 0 Å². The van der Waals surface area contributed by atoms with E-state index in [4.69, 9.17) is 0 Å². The van der Waals surface area contributed by atoms with Gasteiger partial charge in [-0.1, -0.05) is 12.8 Å². The van der Waals surface area contributed by atoms with Gasteiger partial charge in [-0.2, -0.15) is 4.37 Å². The van der Waals surface area contributed by atoms with Gasteiger partial charge in [0.05, 0.1) is 6.54 Å². The van der Waals surface area contributed by atoms with Crippen molar-refractivity contribution < 1.29 is 4.39 Å². The Labute approximate surface area is 86.9 Å². The van der Waals surface area contributed by atoms with E-state index in [1.54, 1.807) is 0 Å². The first kappa shape index (κ1) is 9.83. The van der Waals surface area contributed by atoms with Gasteiger partial charge in [0.1, 0.15) is 11.5 Å². The van der Waals surface area contributed by atoms with Gasteiger partial charge < -0.3 is 5.32 Å². The van der Waals surface area contributed by atoms with Gasteiger partial charge in [0.25, 0.3) is 0 Å². The summed E-state index contributed by atoms with van der Waals surface area (Å²) in [6.07, 6.45) is 3.37. The number of alkyl halides is 1. The second-order valence-electron chi connectivity index (χ2n) is 3.86. The average molecular weight is 215 g/mol. The molecule has 1 saturated carbocycles. The highest BCUT2D eigenvalue weighted by molar-refractivity contribution is 7.09. The molecule has 1 aliphatic carbocycles. The Bertz CT molecular complexity index is 307. The largest absolute Gasteiger partial charge is 0.357 e. The number of aromatic nitrogens is 2. The summed E-state index contributed by atoms with van der Waals surface area (Å²) in [6.45, 7) is 2.21. The summed E-state index contributed by atoms with van der Waals surface area (Å²) in [5.74, 6) is 0.747. The smallest absolute Gasteiger partial charge is 0.202 e. The Kier molecular flexibility index (Phi) is 2.67. The van der Waals surface area contributed by atoms with Gasteiger partial charge >= 0.3 is 0 Å². The number of rotatable bonds is 3. The lowest BCUT2D eigenvalue weighted by Gasteiger charge is -2.18. The molecule has 1 heterocycles. The van der Waals surface area contributed by atoms with Crippen LogP contribution in [-0.4, -0.2) is 21.6 Å². The second kappa shape index (κ2) is 3.81. The summed E-state index contributed by atoms with van der Waals surface area (Å²) in [5.41, 5.74) is -1.01. The number of anilines is 1. The van der Waals surface area contributed by atoms with Gasteiger partial charge in [-0.05, 0) is 19.8 Å². The molecule has 1 N–H and O–H groups in total. The van der Waals surface area contributed by atoms with E-state index >= 15 is 0 Å². The molecule has 1 fully saturated rings. The quantitative estimate of drug-likeness (QED) is 0.842. The number of hydrogen-bond acceptors (Lipinski definition) is 4. The third-order valence-corrected chi connectivity index (χ3v) is 3.35. The number of halogens is 1. The standard InChI is InChI=1S/C9H14FN3S/c1-7-12-8(14-13-7)11-6-9(10)4-2-3-5-9/h2-6H2,1H3,(H,11,12,13). The lowest BCUT2D eigenvalue weighted by Crippen LogP contribution is -2.28. The molecule has 0 spiro atoms. The molecule has 0 aliphatic heterocycles. The van der Waals surface area contributed by atoms with Crippen LogP contribution >= 0.6 is 11.5 Å². The van der Waals surface area contributed by atoms with E-state index in [1.807, 2.05) is 6.92 Å². The fraction of sp³-hybridized carbons (Fsp3) is 0.778. The minimum Gasteiger partial charge on any atom is -0.357 e. The van der Waals surface area contributed by atoms with Gasteiger partial charge in [0.15, 0.2) is 0 Å². The van der Waals surface area contributed by atoms with E-state index in [0.717, 1.165) is 23.8 Å². The normalized spacial score (nSPS) is 19.9. The van der Waals surface area contributed by atoms with Gasteiger partial charge in [-0.15, -0.1) is 0 Å². The van der Waals surface area contributed by atoms with Crippen molar-refractivity contribution in [3.63, 3.8) is 0 Å². The molecule has 0 bridgehead atoms. The molecule has 0 saturated heterocycles. The summed E-state index contributed by atoms with van der Waals surface area (Å²) in [6, 6.07) is 0. The van der Waals surface area contributed by atoms with E-state index in [0.29, 0.717) is 19.4 Å². The minimum atomic E-state index is -1.01. The third-order valence-electron chi connectivity index (χ3n) is 2.58. The maximum Gasteiger partial charge on any atom is 0.202 e. The van der Waals surface area contributed by atoms with Crippen molar-refractivity contribution >= 4 is 16.7 Å². The van der Waals surface area contributed by atoms with Gasteiger partial charge in [-0.3, -0.25) is 0 Å². The van der Waals surface area contributed by atoms with Crippen LogP contribution in [0.3, 0.4) is 0 Å². The molecule has 0 amide bonds. The predicted octanol–water partition coefficient (Wildman–Crippen LogP) is 2.54. The summed E-state index contributed by atoms with van der Waals surface area (Å²) in [5, 5.41) is 3.75. The van der Waals surface area contributed by atoms with Crippen LogP contribution in [-0.2, 0) is 0 Å². The average Bonchev–Trinajstić information content (AvgIpc) is 2.73. The van der Waals surface area contributed by atoms with Crippen molar-refractivity contribution in [1.29, 1.82) is 0 Å². The maximum absolute atomic E-state index is 13.9. The fourth-order valence-corrected chi connectivity index (χ4v) is 2.36. The van der Waals surface area contributed by atoms with Crippen molar-refractivity contribution in [3.05, 3.63) is 5.82 Å². The highest BCUT2D eigenvalue weighted by Gasteiger charge is 2.33. The molecule has 78 valence electrons. The number of nitrogens with zero attached hydrogens (tertiary/aromatic N) is 2. The van der Waals surface area contributed by atoms with Crippen molar-refractivity contribution in [3.8, 4) is 0 Å². The molecule has 0 atom stereocenters. The van der Waals surface area contributed by atoms with Crippen molar-refractivity contribution in [1.82, 2.24) is 9.36 Å². The Morgan fingerprint density at radius 2 is 2.21 bits per heavy atom. The summed E-state index contributed by atoms with van der Waals surface area (Å²) < 4.78 is 17.9. The Balaban J connectivity index is 1.87.